The average Bonchev–Trinajstić information content (AvgIpc) is 3.14. The highest BCUT2D eigenvalue weighted by Crippen LogP contribution is 2.33. The van der Waals surface area contributed by atoms with Crippen LogP contribution in [-0.4, -0.2) is 41.6 Å². The third kappa shape index (κ3) is 2.90. The van der Waals surface area contributed by atoms with Gasteiger partial charge >= 0.3 is 0 Å². The number of amides is 2. The second-order valence-electron chi connectivity index (χ2n) is 6.88. The number of ether oxygens (including phenoxy) is 2. The van der Waals surface area contributed by atoms with Gasteiger partial charge in [0.2, 0.25) is 12.7 Å². The molecule has 2 aliphatic heterocycles. The van der Waals surface area contributed by atoms with E-state index < -0.39 is 0 Å². The summed E-state index contributed by atoms with van der Waals surface area (Å²) in [7, 11) is 0. The van der Waals surface area contributed by atoms with Gasteiger partial charge < -0.3 is 19.7 Å². The maximum Gasteiger partial charge on any atom is 0.254 e. The van der Waals surface area contributed by atoms with Gasteiger partial charge in [-0.15, -0.1) is 0 Å². The molecule has 1 aromatic heterocycles. The molecule has 0 saturated carbocycles. The quantitative estimate of drug-likeness (QED) is 0.761. The van der Waals surface area contributed by atoms with Crippen molar-refractivity contribution in [2.24, 2.45) is 5.92 Å². The van der Waals surface area contributed by atoms with Crippen LogP contribution < -0.4 is 14.8 Å². The molecule has 0 atom stereocenters. The molecule has 0 radical (unpaired) electrons. The van der Waals surface area contributed by atoms with Gasteiger partial charge in [-0.2, -0.15) is 0 Å². The van der Waals surface area contributed by atoms with Gasteiger partial charge in [-0.1, -0.05) is 6.07 Å². The first kappa shape index (κ1) is 16.6. The van der Waals surface area contributed by atoms with Gasteiger partial charge in [0.05, 0.1) is 11.4 Å². The van der Waals surface area contributed by atoms with E-state index in [4.69, 9.17) is 9.47 Å². The Morgan fingerprint density at radius 1 is 1.04 bits per heavy atom. The summed E-state index contributed by atoms with van der Waals surface area (Å²) in [6.07, 6.45) is 1.74. The molecule has 28 heavy (non-hydrogen) atoms. The maximum atomic E-state index is 12.6. The summed E-state index contributed by atoms with van der Waals surface area (Å²) in [5.41, 5.74) is 2.14. The third-order valence-electron chi connectivity index (χ3n) is 5.03. The zero-order chi connectivity index (χ0) is 19.1. The van der Waals surface area contributed by atoms with Crippen LogP contribution in [0.1, 0.15) is 10.4 Å². The Balaban J connectivity index is 1.21. The minimum atomic E-state index is -0.220. The SMILES string of the molecule is O=C(Nc1ccc2ncccc2c1)C1CN(C(=O)c2ccc3c(c2)OCO3)C1. The first-order valence-corrected chi connectivity index (χ1v) is 9.02. The highest BCUT2D eigenvalue weighted by molar-refractivity contribution is 5.99. The van der Waals surface area contributed by atoms with Crippen LogP contribution in [0.5, 0.6) is 11.5 Å². The fraction of sp³-hybridized carbons (Fsp3) is 0.190. The smallest absolute Gasteiger partial charge is 0.254 e. The predicted molar refractivity (Wildman–Crippen MR) is 102 cm³/mol. The number of fused-ring (bicyclic) bond motifs is 2. The Kier molecular flexibility index (Phi) is 3.86. The second kappa shape index (κ2) is 6.53. The van der Waals surface area contributed by atoms with E-state index in [1.54, 1.807) is 29.3 Å². The fourth-order valence-electron chi connectivity index (χ4n) is 3.42. The zero-order valence-corrected chi connectivity index (χ0v) is 14.9. The van der Waals surface area contributed by atoms with Crippen molar-refractivity contribution in [1.29, 1.82) is 0 Å². The summed E-state index contributed by atoms with van der Waals surface area (Å²) in [6.45, 7) is 0.965. The minimum Gasteiger partial charge on any atom is -0.454 e. The van der Waals surface area contributed by atoms with Gasteiger partial charge in [0.1, 0.15) is 0 Å². The standard InChI is InChI=1S/C21H17N3O4/c25-20(23-16-4-5-17-13(8-16)2-1-7-22-17)15-10-24(11-15)21(26)14-3-6-18-19(9-14)28-12-27-18/h1-9,15H,10-12H2,(H,23,25). The number of likely N-dealkylation sites (tertiary alicyclic amines) is 1. The Bertz CT molecular complexity index is 1090. The van der Waals surface area contributed by atoms with E-state index >= 15 is 0 Å². The molecular weight excluding hydrogens is 358 g/mol. The summed E-state index contributed by atoms with van der Waals surface area (Å²) in [5, 5.41) is 3.89. The van der Waals surface area contributed by atoms with Crippen LogP contribution in [0.2, 0.25) is 0 Å². The summed E-state index contributed by atoms with van der Waals surface area (Å²) < 4.78 is 10.6. The number of carbonyl (C=O) groups is 2. The summed E-state index contributed by atoms with van der Waals surface area (Å²) in [4.78, 5) is 31.0. The molecule has 0 spiro atoms. The molecule has 140 valence electrons. The number of pyridine rings is 1. The van der Waals surface area contributed by atoms with Crippen LogP contribution in [0.3, 0.4) is 0 Å². The molecule has 3 heterocycles. The van der Waals surface area contributed by atoms with Crippen molar-refractivity contribution in [3.8, 4) is 11.5 Å². The molecule has 7 heteroatoms. The van der Waals surface area contributed by atoms with Crippen molar-refractivity contribution < 1.29 is 19.1 Å². The predicted octanol–water partition coefficient (Wildman–Crippen LogP) is 2.67. The van der Waals surface area contributed by atoms with Gasteiger partial charge in [0.25, 0.3) is 5.91 Å². The molecule has 1 N–H and O–H groups in total. The van der Waals surface area contributed by atoms with E-state index in [-0.39, 0.29) is 24.5 Å². The van der Waals surface area contributed by atoms with Crippen LogP contribution in [0, 0.1) is 5.92 Å². The van der Waals surface area contributed by atoms with Gasteiger partial charge in [0, 0.05) is 35.9 Å². The number of hydrogen-bond acceptors (Lipinski definition) is 5. The average molecular weight is 375 g/mol. The van der Waals surface area contributed by atoms with E-state index in [9.17, 15) is 9.59 Å². The van der Waals surface area contributed by atoms with Gasteiger partial charge in [-0.25, -0.2) is 0 Å². The summed E-state index contributed by atoms with van der Waals surface area (Å²) >= 11 is 0. The molecule has 0 bridgehead atoms. The molecule has 3 aromatic rings. The number of nitrogens with zero attached hydrogens (tertiary/aromatic N) is 2. The number of aromatic nitrogens is 1. The number of rotatable bonds is 3. The van der Waals surface area contributed by atoms with E-state index in [0.717, 1.165) is 16.6 Å². The van der Waals surface area contributed by atoms with Crippen molar-refractivity contribution in [2.75, 3.05) is 25.2 Å². The van der Waals surface area contributed by atoms with Crippen molar-refractivity contribution in [3.05, 3.63) is 60.3 Å². The third-order valence-corrected chi connectivity index (χ3v) is 5.03. The summed E-state index contributed by atoms with van der Waals surface area (Å²) in [5.74, 6) is 0.800. The lowest BCUT2D eigenvalue weighted by Gasteiger charge is -2.38. The molecule has 0 aliphatic carbocycles. The number of carbonyl (C=O) groups excluding carboxylic acids is 2. The summed E-state index contributed by atoms with van der Waals surface area (Å²) in [6, 6.07) is 14.5. The van der Waals surface area contributed by atoms with E-state index in [0.29, 0.717) is 30.2 Å². The Labute approximate surface area is 160 Å². The van der Waals surface area contributed by atoms with Crippen LogP contribution in [0.4, 0.5) is 5.69 Å². The second-order valence-corrected chi connectivity index (χ2v) is 6.88. The molecule has 5 rings (SSSR count). The lowest BCUT2D eigenvalue weighted by Crippen LogP contribution is -2.54. The van der Waals surface area contributed by atoms with Crippen molar-refractivity contribution in [1.82, 2.24) is 9.88 Å². The number of hydrogen-bond donors (Lipinski definition) is 1. The van der Waals surface area contributed by atoms with Crippen molar-refractivity contribution in [2.45, 2.75) is 0 Å². The maximum absolute atomic E-state index is 12.6. The highest BCUT2D eigenvalue weighted by atomic mass is 16.7. The van der Waals surface area contributed by atoms with Gasteiger partial charge in [-0.3, -0.25) is 14.6 Å². The van der Waals surface area contributed by atoms with E-state index in [2.05, 4.69) is 10.3 Å². The fourth-order valence-corrected chi connectivity index (χ4v) is 3.42. The first-order valence-electron chi connectivity index (χ1n) is 9.02. The molecule has 7 nitrogen and oxygen atoms in total. The largest absolute Gasteiger partial charge is 0.454 e. The van der Waals surface area contributed by atoms with E-state index in [1.807, 2.05) is 30.3 Å². The Morgan fingerprint density at radius 3 is 2.79 bits per heavy atom. The molecule has 1 saturated heterocycles. The van der Waals surface area contributed by atoms with Crippen molar-refractivity contribution in [3.63, 3.8) is 0 Å². The number of nitrogens with one attached hydrogen (secondary N) is 1. The first-order chi connectivity index (χ1) is 13.7. The van der Waals surface area contributed by atoms with Gasteiger partial charge in [0.15, 0.2) is 11.5 Å². The monoisotopic (exact) mass is 375 g/mol. The molecule has 2 amide bonds. The van der Waals surface area contributed by atoms with Crippen molar-refractivity contribution >= 4 is 28.4 Å². The lowest BCUT2D eigenvalue weighted by atomic mass is 9.97. The zero-order valence-electron chi connectivity index (χ0n) is 14.9. The van der Waals surface area contributed by atoms with Crippen LogP contribution in [-0.2, 0) is 4.79 Å². The van der Waals surface area contributed by atoms with Gasteiger partial charge in [-0.05, 0) is 42.5 Å². The van der Waals surface area contributed by atoms with E-state index in [1.165, 1.54) is 0 Å². The Hall–Kier alpha value is -3.61. The molecular formula is C21H17N3O4. The molecule has 0 unspecified atom stereocenters. The molecule has 1 fully saturated rings. The van der Waals surface area contributed by atoms with Crippen LogP contribution in [0.25, 0.3) is 10.9 Å². The number of anilines is 1. The lowest BCUT2D eigenvalue weighted by molar-refractivity contribution is -0.123. The van der Waals surface area contributed by atoms with Crippen LogP contribution >= 0.6 is 0 Å². The topological polar surface area (TPSA) is 80.8 Å². The molecule has 2 aliphatic rings. The molecule has 2 aromatic carbocycles. The Morgan fingerprint density at radius 2 is 1.89 bits per heavy atom. The highest BCUT2D eigenvalue weighted by Gasteiger charge is 2.36. The normalized spacial score (nSPS) is 15.4. The minimum absolute atomic E-state index is 0.0852. The van der Waals surface area contributed by atoms with Crippen LogP contribution in [0.15, 0.2) is 54.7 Å². The number of benzene rings is 2.